The fourth-order valence-corrected chi connectivity index (χ4v) is 2.21. The Bertz CT molecular complexity index is 876. The number of rotatable bonds is 9. The van der Waals surface area contributed by atoms with Crippen LogP contribution in [0, 0.1) is 0 Å². The summed E-state index contributed by atoms with van der Waals surface area (Å²) in [4.78, 5) is 0. The van der Waals surface area contributed by atoms with Crippen molar-refractivity contribution in [3.63, 3.8) is 0 Å². The fraction of sp³-hybridized carbons (Fsp3) is 1.00. The summed E-state index contributed by atoms with van der Waals surface area (Å²) in [5, 5.41) is 0. The van der Waals surface area contributed by atoms with Crippen LogP contribution < -0.4 is 51.4 Å². The molecule has 0 radical (unpaired) electrons. The van der Waals surface area contributed by atoms with E-state index in [0.717, 1.165) is 0 Å². The van der Waals surface area contributed by atoms with Gasteiger partial charge in [-0.2, -0.15) is 83.4 Å². The average Bonchev–Trinajstić information content (AvgIpc) is 2.57. The van der Waals surface area contributed by atoms with Gasteiger partial charge in [-0.25, -0.2) is 12.8 Å². The summed E-state index contributed by atoms with van der Waals surface area (Å²) in [5.74, 6) is -70.8. The Morgan fingerprint density at radius 1 is 0.457 bits per heavy atom. The fourth-order valence-electron chi connectivity index (χ4n) is 1.70. The maximum absolute atomic E-state index is 13.3. The third-order valence-corrected chi connectivity index (χ3v) is 4.48. The minimum Gasteiger partial charge on any atom is -0.746 e. The molecule has 1 unspecified atom stereocenters. The first kappa shape index (κ1) is 37.3. The monoisotopic (exact) mass is 620 g/mol. The minimum atomic E-state index is -9.23. The van der Waals surface area contributed by atoms with Gasteiger partial charge in [-0.15, -0.1) is 0 Å². The molecule has 25 heteroatoms. The van der Waals surface area contributed by atoms with Crippen LogP contribution >= 0.6 is 0 Å². The summed E-state index contributed by atoms with van der Waals surface area (Å²) >= 11 is 0. The normalized spacial score (nSPS) is 17.2. The van der Waals surface area contributed by atoms with E-state index in [1.807, 2.05) is 0 Å². The summed E-state index contributed by atoms with van der Waals surface area (Å²) in [6.07, 6.45) is -8.03. The van der Waals surface area contributed by atoms with Crippen LogP contribution in [0.15, 0.2) is 0 Å². The van der Waals surface area contributed by atoms with Crippen molar-refractivity contribution in [1.29, 1.82) is 0 Å². The van der Waals surface area contributed by atoms with Crippen molar-refractivity contribution in [1.82, 2.24) is 0 Å². The van der Waals surface area contributed by atoms with Gasteiger partial charge in [0.05, 0.1) is 0 Å². The van der Waals surface area contributed by atoms with Crippen LogP contribution in [0.5, 0.6) is 0 Å². The van der Waals surface area contributed by atoms with E-state index in [1.165, 1.54) is 0 Å². The van der Waals surface area contributed by atoms with Crippen LogP contribution in [0.3, 0.4) is 0 Å². The zero-order chi connectivity index (χ0) is 28.6. The van der Waals surface area contributed by atoms with Crippen LogP contribution in [0.1, 0.15) is 0 Å². The van der Waals surface area contributed by atoms with Crippen molar-refractivity contribution in [2.75, 3.05) is 0 Å². The van der Waals surface area contributed by atoms with Crippen molar-refractivity contribution < 1.29 is 152 Å². The molecule has 0 aromatic rings. The van der Waals surface area contributed by atoms with E-state index in [1.54, 1.807) is 0 Å². The molecule has 0 rings (SSSR count). The van der Waals surface area contributed by atoms with Gasteiger partial charge in [0.15, 0.2) is 0 Å². The standard InChI is InChI=1S/C10H2F20O3S.K/c11-1(34(31,32)33)2(12,13)3(14,15)4(16,17)5(18,19)6(20,21)7(22,23)8(24,25)9(26,27)10(28,29)30;/h1H,(H,31,32,33);/q;+1/p-1. The molecule has 1 atom stereocenters. The number of halogens is 20. The van der Waals surface area contributed by atoms with E-state index in [0.29, 0.717) is 0 Å². The van der Waals surface area contributed by atoms with Crippen LogP contribution in [0.25, 0.3) is 0 Å². The minimum absolute atomic E-state index is 0. The Kier molecular flexibility index (Phi) is 10.0. The molecular weight excluding hydrogens is 619 g/mol. The van der Waals surface area contributed by atoms with Gasteiger partial charge in [0.2, 0.25) is 0 Å². The molecule has 0 saturated heterocycles. The molecule has 0 aliphatic rings. The predicted molar refractivity (Wildman–Crippen MR) is 60.2 cm³/mol. The van der Waals surface area contributed by atoms with Gasteiger partial charge in [0.25, 0.3) is 5.50 Å². The summed E-state index contributed by atoms with van der Waals surface area (Å²) in [6, 6.07) is 0. The Morgan fingerprint density at radius 3 is 0.857 bits per heavy atom. The van der Waals surface area contributed by atoms with E-state index in [2.05, 4.69) is 0 Å². The number of hydrogen-bond acceptors (Lipinski definition) is 3. The second-order valence-electron chi connectivity index (χ2n) is 5.95. The van der Waals surface area contributed by atoms with Gasteiger partial charge >= 0.3 is 105 Å². The SMILES string of the molecule is O=S(=O)([O-])C(F)C(F)(F)C(F)(F)C(F)(F)C(F)(F)C(F)(F)C(F)(F)C(F)(F)C(F)(F)C(F)(F)F.[K+]. The molecule has 0 aromatic carbocycles. The Morgan fingerprint density at radius 2 is 0.657 bits per heavy atom. The molecule has 0 saturated carbocycles. The van der Waals surface area contributed by atoms with Crippen molar-refractivity contribution in [2.45, 2.75) is 59.1 Å². The molecule has 0 aromatic heterocycles. The van der Waals surface area contributed by atoms with Crippen LogP contribution in [0.2, 0.25) is 0 Å². The third kappa shape index (κ3) is 4.98. The van der Waals surface area contributed by atoms with E-state index >= 15 is 0 Å². The average molecular weight is 620 g/mol. The van der Waals surface area contributed by atoms with Gasteiger partial charge in [-0.1, -0.05) is 0 Å². The smallest absolute Gasteiger partial charge is 0.746 e. The van der Waals surface area contributed by atoms with Crippen LogP contribution in [-0.2, 0) is 10.1 Å². The second kappa shape index (κ2) is 9.41. The first-order valence-electron chi connectivity index (χ1n) is 6.83. The molecule has 0 N–H and O–H groups in total. The zero-order valence-corrected chi connectivity index (χ0v) is 19.2. The summed E-state index contributed by atoms with van der Waals surface area (Å²) in [7, 11) is -7.58. The third-order valence-electron chi connectivity index (χ3n) is 3.68. The first-order chi connectivity index (χ1) is 14.2. The van der Waals surface area contributed by atoms with E-state index in [9.17, 15) is 101 Å². The molecule has 206 valence electrons. The molecule has 0 aliphatic heterocycles. The molecule has 0 bridgehead atoms. The number of hydrogen-bond donors (Lipinski definition) is 0. The van der Waals surface area contributed by atoms with Crippen molar-refractivity contribution >= 4 is 10.1 Å². The molecule has 35 heavy (non-hydrogen) atoms. The molecule has 0 heterocycles. The van der Waals surface area contributed by atoms with E-state index in [-0.39, 0.29) is 51.4 Å². The van der Waals surface area contributed by atoms with Crippen molar-refractivity contribution in [2.24, 2.45) is 0 Å². The molecular formula is C10HF20KO3S. The Hall–Kier alpha value is 0.146. The summed E-state index contributed by atoms with van der Waals surface area (Å²) in [5.41, 5.74) is -6.23. The molecule has 3 nitrogen and oxygen atoms in total. The quantitative estimate of drug-likeness (QED) is 0.226. The van der Waals surface area contributed by atoms with E-state index in [4.69, 9.17) is 0 Å². The Balaban J connectivity index is 0. The summed E-state index contributed by atoms with van der Waals surface area (Å²) in [6.45, 7) is 0. The molecule has 0 aliphatic carbocycles. The molecule has 0 spiro atoms. The maximum atomic E-state index is 13.3. The molecule has 0 amide bonds. The van der Waals surface area contributed by atoms with Crippen molar-refractivity contribution in [3.8, 4) is 0 Å². The van der Waals surface area contributed by atoms with Gasteiger partial charge in [-0.3, -0.25) is 0 Å². The van der Waals surface area contributed by atoms with Crippen LogP contribution in [0.4, 0.5) is 87.8 Å². The maximum Gasteiger partial charge on any atom is 1.00 e. The van der Waals surface area contributed by atoms with Crippen LogP contribution in [-0.4, -0.2) is 72.0 Å². The molecule has 0 fully saturated rings. The van der Waals surface area contributed by atoms with Gasteiger partial charge in [-0.05, 0) is 0 Å². The van der Waals surface area contributed by atoms with E-state index < -0.39 is 69.2 Å². The first-order valence-corrected chi connectivity index (χ1v) is 8.30. The topological polar surface area (TPSA) is 57.2 Å². The van der Waals surface area contributed by atoms with Gasteiger partial charge in [0.1, 0.15) is 10.1 Å². The number of alkyl halides is 20. The predicted octanol–water partition coefficient (Wildman–Crippen LogP) is 2.48. The largest absolute Gasteiger partial charge is 1.00 e. The van der Waals surface area contributed by atoms with Crippen molar-refractivity contribution in [3.05, 3.63) is 0 Å². The Labute approximate surface area is 220 Å². The van der Waals surface area contributed by atoms with Gasteiger partial charge in [0, 0.05) is 0 Å². The summed E-state index contributed by atoms with van der Waals surface area (Å²) < 4.78 is 287. The zero-order valence-electron chi connectivity index (χ0n) is 15.3. The van der Waals surface area contributed by atoms with Gasteiger partial charge < -0.3 is 4.55 Å². The second-order valence-corrected chi connectivity index (χ2v) is 7.35.